The molecule has 0 N–H and O–H groups in total. The summed E-state index contributed by atoms with van der Waals surface area (Å²) in [6.07, 6.45) is 3.66. The summed E-state index contributed by atoms with van der Waals surface area (Å²) in [4.78, 5) is 14.3. The molecule has 0 fully saturated rings. The molecule has 0 saturated heterocycles. The van der Waals surface area contributed by atoms with Crippen LogP contribution in [0.3, 0.4) is 0 Å². The van der Waals surface area contributed by atoms with E-state index in [0.717, 1.165) is 61.4 Å². The second kappa shape index (κ2) is 8.85. The van der Waals surface area contributed by atoms with Crippen LogP contribution in [0.25, 0.3) is 61.4 Å². The molecule has 0 atom stereocenters. The normalized spacial score (nSPS) is 11.2. The predicted molar refractivity (Wildman–Crippen MR) is 150 cm³/mol. The van der Waals surface area contributed by atoms with E-state index in [2.05, 4.69) is 106 Å². The number of para-hydroxylation sites is 1. The van der Waals surface area contributed by atoms with E-state index in [4.69, 9.17) is 4.98 Å². The van der Waals surface area contributed by atoms with Crippen molar-refractivity contribution < 1.29 is 0 Å². The molecule has 7 rings (SSSR count). The van der Waals surface area contributed by atoms with Gasteiger partial charge in [0, 0.05) is 29.0 Å². The van der Waals surface area contributed by atoms with Crippen LogP contribution in [0.2, 0.25) is 0 Å². The van der Waals surface area contributed by atoms with Crippen LogP contribution >= 0.6 is 0 Å². The van der Waals surface area contributed by atoms with Crippen molar-refractivity contribution in [3.63, 3.8) is 0 Å². The Bertz CT molecular complexity index is 1760. The van der Waals surface area contributed by atoms with E-state index in [1.54, 1.807) is 0 Å². The van der Waals surface area contributed by atoms with Gasteiger partial charge >= 0.3 is 0 Å². The van der Waals surface area contributed by atoms with Crippen molar-refractivity contribution in [3.8, 4) is 39.5 Å². The quantitative estimate of drug-likeness (QED) is 0.260. The summed E-state index contributed by atoms with van der Waals surface area (Å²) in [7, 11) is 0. The smallest absolute Gasteiger partial charge is 0.0963 e. The van der Waals surface area contributed by atoms with Gasteiger partial charge in [0.05, 0.1) is 33.6 Å². The summed E-state index contributed by atoms with van der Waals surface area (Å²) < 4.78 is 2.28. The number of nitrogens with zero attached hydrogens (tertiary/aromatic N) is 4. The Morgan fingerprint density at radius 3 is 2.11 bits per heavy atom. The van der Waals surface area contributed by atoms with Crippen LogP contribution in [0.4, 0.5) is 0 Å². The molecule has 0 aliphatic heterocycles. The van der Waals surface area contributed by atoms with E-state index >= 15 is 0 Å². The SMILES string of the molecule is c1ccc(-c2cc(-c3cccc(-n4c5ccccc5c5ncccc54)c3)nc(-c3ccccn3)c2)cc1. The molecule has 4 heterocycles. The second-order valence-corrected chi connectivity index (χ2v) is 8.98. The van der Waals surface area contributed by atoms with Gasteiger partial charge in [0.25, 0.3) is 0 Å². The second-order valence-electron chi connectivity index (χ2n) is 8.98. The maximum atomic E-state index is 5.06. The van der Waals surface area contributed by atoms with Crippen LogP contribution in [-0.4, -0.2) is 19.5 Å². The lowest BCUT2D eigenvalue weighted by molar-refractivity contribution is 1.17. The lowest BCUT2D eigenvalue weighted by Crippen LogP contribution is -1.96. The van der Waals surface area contributed by atoms with Crippen molar-refractivity contribution in [2.45, 2.75) is 0 Å². The summed E-state index contributed by atoms with van der Waals surface area (Å²) >= 11 is 0. The van der Waals surface area contributed by atoms with Gasteiger partial charge in [0.2, 0.25) is 0 Å². The third-order valence-electron chi connectivity index (χ3n) is 6.69. The first kappa shape index (κ1) is 21.2. The summed E-state index contributed by atoms with van der Waals surface area (Å²) in [5.41, 5.74) is 10.2. The molecule has 4 aromatic heterocycles. The molecular weight excluding hydrogens is 452 g/mol. The zero-order chi connectivity index (χ0) is 24.6. The van der Waals surface area contributed by atoms with Gasteiger partial charge in [-0.25, -0.2) is 4.98 Å². The maximum Gasteiger partial charge on any atom is 0.0963 e. The van der Waals surface area contributed by atoms with Crippen LogP contribution in [0, 0.1) is 0 Å². The summed E-state index contributed by atoms with van der Waals surface area (Å²) in [5.74, 6) is 0. The summed E-state index contributed by atoms with van der Waals surface area (Å²) in [6, 6.07) is 41.7. The summed E-state index contributed by atoms with van der Waals surface area (Å²) in [5, 5.41) is 1.14. The molecule has 3 aromatic carbocycles. The van der Waals surface area contributed by atoms with Gasteiger partial charge in [-0.2, -0.15) is 0 Å². The Kier molecular flexibility index (Phi) is 5.07. The third-order valence-corrected chi connectivity index (χ3v) is 6.69. The van der Waals surface area contributed by atoms with E-state index in [1.165, 1.54) is 0 Å². The molecular formula is C33H22N4. The fourth-order valence-electron chi connectivity index (χ4n) is 4.99. The van der Waals surface area contributed by atoms with E-state index in [9.17, 15) is 0 Å². The number of benzene rings is 3. The maximum absolute atomic E-state index is 5.06. The molecule has 7 aromatic rings. The predicted octanol–water partition coefficient (Wildman–Crippen LogP) is 7.97. The molecule has 0 amide bonds. The molecule has 0 aliphatic rings. The first-order chi connectivity index (χ1) is 18.3. The van der Waals surface area contributed by atoms with Crippen molar-refractivity contribution in [1.82, 2.24) is 19.5 Å². The average molecular weight is 475 g/mol. The van der Waals surface area contributed by atoms with E-state index in [0.29, 0.717) is 0 Å². The van der Waals surface area contributed by atoms with Crippen molar-refractivity contribution in [3.05, 3.63) is 134 Å². The van der Waals surface area contributed by atoms with Crippen LogP contribution in [-0.2, 0) is 0 Å². The van der Waals surface area contributed by atoms with Gasteiger partial charge in [0.1, 0.15) is 0 Å². The first-order valence-electron chi connectivity index (χ1n) is 12.3. The Balaban J connectivity index is 1.44. The molecule has 37 heavy (non-hydrogen) atoms. The van der Waals surface area contributed by atoms with Crippen LogP contribution in [0.15, 0.2) is 134 Å². The molecule has 4 nitrogen and oxygen atoms in total. The molecule has 0 unspecified atom stereocenters. The van der Waals surface area contributed by atoms with Gasteiger partial charge in [-0.15, -0.1) is 0 Å². The highest BCUT2D eigenvalue weighted by Crippen LogP contribution is 2.33. The van der Waals surface area contributed by atoms with Crippen molar-refractivity contribution in [2.75, 3.05) is 0 Å². The number of hydrogen-bond donors (Lipinski definition) is 0. The molecule has 0 saturated carbocycles. The molecule has 0 spiro atoms. The average Bonchev–Trinajstić information content (AvgIpc) is 3.32. The molecule has 0 bridgehead atoms. The number of fused-ring (bicyclic) bond motifs is 3. The topological polar surface area (TPSA) is 43.6 Å². The lowest BCUT2D eigenvalue weighted by atomic mass is 10.0. The molecule has 4 heteroatoms. The number of aromatic nitrogens is 4. The fourth-order valence-corrected chi connectivity index (χ4v) is 4.99. The van der Waals surface area contributed by atoms with Crippen molar-refractivity contribution >= 4 is 21.9 Å². The first-order valence-corrected chi connectivity index (χ1v) is 12.3. The van der Waals surface area contributed by atoms with Crippen LogP contribution in [0.1, 0.15) is 0 Å². The lowest BCUT2D eigenvalue weighted by Gasteiger charge is -2.12. The Labute approximate surface area is 214 Å². The minimum absolute atomic E-state index is 0.850. The van der Waals surface area contributed by atoms with Crippen LogP contribution in [0.5, 0.6) is 0 Å². The van der Waals surface area contributed by atoms with Crippen molar-refractivity contribution in [2.24, 2.45) is 0 Å². The Morgan fingerprint density at radius 1 is 0.459 bits per heavy atom. The van der Waals surface area contributed by atoms with E-state index < -0.39 is 0 Å². The van der Waals surface area contributed by atoms with Gasteiger partial charge in [-0.1, -0.05) is 66.7 Å². The molecule has 174 valence electrons. The molecule has 0 aliphatic carbocycles. The van der Waals surface area contributed by atoms with E-state index in [1.807, 2.05) is 42.7 Å². The van der Waals surface area contributed by atoms with Gasteiger partial charge in [0.15, 0.2) is 0 Å². The Morgan fingerprint density at radius 2 is 1.22 bits per heavy atom. The largest absolute Gasteiger partial charge is 0.308 e. The van der Waals surface area contributed by atoms with Crippen LogP contribution < -0.4 is 0 Å². The zero-order valence-electron chi connectivity index (χ0n) is 20.0. The fraction of sp³-hybridized carbons (Fsp3) is 0. The van der Waals surface area contributed by atoms with Gasteiger partial charge in [-0.3, -0.25) is 9.97 Å². The van der Waals surface area contributed by atoms with Gasteiger partial charge in [-0.05, 0) is 65.7 Å². The third kappa shape index (κ3) is 3.76. The molecule has 0 radical (unpaired) electrons. The minimum Gasteiger partial charge on any atom is -0.308 e. The van der Waals surface area contributed by atoms with E-state index in [-0.39, 0.29) is 0 Å². The number of pyridine rings is 3. The monoisotopic (exact) mass is 474 g/mol. The van der Waals surface area contributed by atoms with Gasteiger partial charge < -0.3 is 4.57 Å². The number of rotatable bonds is 4. The highest BCUT2D eigenvalue weighted by molar-refractivity contribution is 6.07. The zero-order valence-corrected chi connectivity index (χ0v) is 20.0. The highest BCUT2D eigenvalue weighted by Gasteiger charge is 2.14. The Hall–Kier alpha value is -5.09. The number of hydrogen-bond acceptors (Lipinski definition) is 3. The van der Waals surface area contributed by atoms with Crippen molar-refractivity contribution in [1.29, 1.82) is 0 Å². The summed E-state index contributed by atoms with van der Waals surface area (Å²) in [6.45, 7) is 0. The minimum atomic E-state index is 0.850. The highest BCUT2D eigenvalue weighted by atomic mass is 15.0. The standard InChI is InChI=1S/C33H22N4/c1-2-10-23(11-3-1)25-21-29(36-30(22-25)28-15-6-7-18-34-28)24-12-8-13-26(20-24)37-31-16-5-4-14-27(31)33-32(37)17-9-19-35-33/h1-22H.